The second-order valence-electron chi connectivity index (χ2n) is 4.11. The van der Waals surface area contributed by atoms with E-state index in [4.69, 9.17) is 5.73 Å². The summed E-state index contributed by atoms with van der Waals surface area (Å²) in [5.74, 6) is 0.149. The number of anilines is 1. The Hall–Kier alpha value is -3.02. The third-order valence-corrected chi connectivity index (χ3v) is 2.78. The molecule has 0 fully saturated rings. The van der Waals surface area contributed by atoms with E-state index >= 15 is 0 Å². The van der Waals surface area contributed by atoms with Crippen molar-refractivity contribution in [3.63, 3.8) is 0 Å². The Morgan fingerprint density at radius 2 is 1.75 bits per heavy atom. The van der Waals surface area contributed by atoms with Crippen LogP contribution < -0.4 is 5.73 Å². The predicted molar refractivity (Wildman–Crippen MR) is 73.8 cm³/mol. The molecule has 0 saturated carbocycles. The Morgan fingerprint density at radius 1 is 1.05 bits per heavy atom. The fraction of sp³-hybridized carbons (Fsp3) is 0. The number of carbonyl (C=O) groups is 1. The smallest absolute Gasteiger partial charge is 0.281 e. The van der Waals surface area contributed by atoms with Crippen LogP contribution in [0.15, 0.2) is 54.9 Å². The maximum Gasteiger partial charge on any atom is 0.281 e. The normalized spacial score (nSPS) is 10.4. The van der Waals surface area contributed by atoms with E-state index in [2.05, 4.69) is 15.1 Å². The highest BCUT2D eigenvalue weighted by molar-refractivity contribution is 5.96. The number of pyridine rings is 1. The van der Waals surface area contributed by atoms with Crippen molar-refractivity contribution in [2.75, 3.05) is 5.73 Å². The van der Waals surface area contributed by atoms with E-state index in [1.807, 2.05) is 6.07 Å². The van der Waals surface area contributed by atoms with Gasteiger partial charge in [0.15, 0.2) is 5.82 Å². The average molecular weight is 265 g/mol. The zero-order valence-corrected chi connectivity index (χ0v) is 10.5. The first kappa shape index (κ1) is 12.0. The molecule has 0 amide bonds. The van der Waals surface area contributed by atoms with E-state index in [-0.39, 0.29) is 11.9 Å². The van der Waals surface area contributed by atoms with Crippen LogP contribution in [0, 0.1) is 0 Å². The van der Waals surface area contributed by atoms with Gasteiger partial charge in [-0.1, -0.05) is 18.2 Å². The van der Waals surface area contributed by atoms with E-state index < -0.39 is 0 Å². The lowest BCUT2D eigenvalue weighted by Gasteiger charge is -2.00. The Bertz CT molecular complexity index is 737. The second-order valence-corrected chi connectivity index (χ2v) is 4.11. The molecular formula is C14H11N5O. The number of hydrogen-bond donors (Lipinski definition) is 1. The molecule has 1 aromatic carbocycles. The first-order chi connectivity index (χ1) is 9.75. The van der Waals surface area contributed by atoms with Crippen LogP contribution in [-0.4, -0.2) is 25.7 Å². The van der Waals surface area contributed by atoms with Crippen LogP contribution in [0.3, 0.4) is 0 Å². The largest absolute Gasteiger partial charge is 0.368 e. The van der Waals surface area contributed by atoms with E-state index in [1.165, 1.54) is 0 Å². The van der Waals surface area contributed by atoms with Crippen molar-refractivity contribution in [3.8, 4) is 11.4 Å². The van der Waals surface area contributed by atoms with Crippen LogP contribution in [-0.2, 0) is 0 Å². The number of hydrogen-bond acceptors (Lipinski definition) is 5. The predicted octanol–water partition coefficient (Wildman–Crippen LogP) is 1.61. The maximum atomic E-state index is 12.3. The summed E-state index contributed by atoms with van der Waals surface area (Å²) in [6, 6.07) is 12.3. The SMILES string of the molecule is Nc1nc(-c2ccncc2)nn1C(=O)c1ccccc1. The molecule has 6 nitrogen and oxygen atoms in total. The fourth-order valence-corrected chi connectivity index (χ4v) is 1.80. The third kappa shape index (κ3) is 2.14. The van der Waals surface area contributed by atoms with Gasteiger partial charge in [0.1, 0.15) is 0 Å². The van der Waals surface area contributed by atoms with Gasteiger partial charge in [-0.25, -0.2) is 0 Å². The third-order valence-electron chi connectivity index (χ3n) is 2.78. The van der Waals surface area contributed by atoms with Crippen molar-refractivity contribution in [2.24, 2.45) is 0 Å². The van der Waals surface area contributed by atoms with E-state index in [0.717, 1.165) is 10.2 Å². The molecule has 2 aromatic heterocycles. The number of benzene rings is 1. The van der Waals surface area contributed by atoms with Gasteiger partial charge in [-0.2, -0.15) is 9.67 Å². The minimum absolute atomic E-state index is 0.0608. The summed E-state index contributed by atoms with van der Waals surface area (Å²) >= 11 is 0. The molecule has 2 N–H and O–H groups in total. The molecular weight excluding hydrogens is 254 g/mol. The van der Waals surface area contributed by atoms with E-state index in [9.17, 15) is 4.79 Å². The van der Waals surface area contributed by atoms with E-state index in [1.54, 1.807) is 48.8 Å². The Kier molecular flexibility index (Phi) is 2.96. The zero-order valence-electron chi connectivity index (χ0n) is 10.5. The number of nitrogens with zero attached hydrogens (tertiary/aromatic N) is 4. The minimum atomic E-state index is -0.309. The van der Waals surface area contributed by atoms with Crippen LogP contribution >= 0.6 is 0 Å². The fourth-order valence-electron chi connectivity index (χ4n) is 1.80. The summed E-state index contributed by atoms with van der Waals surface area (Å²) < 4.78 is 1.10. The first-order valence-electron chi connectivity index (χ1n) is 5.98. The summed E-state index contributed by atoms with van der Waals surface area (Å²) in [6.07, 6.45) is 3.26. The molecule has 0 bridgehead atoms. The van der Waals surface area contributed by atoms with Crippen molar-refractivity contribution >= 4 is 11.9 Å². The van der Waals surface area contributed by atoms with Crippen LogP contribution in [0.1, 0.15) is 10.4 Å². The molecule has 2 heterocycles. The van der Waals surface area contributed by atoms with E-state index in [0.29, 0.717) is 11.4 Å². The molecule has 20 heavy (non-hydrogen) atoms. The highest BCUT2D eigenvalue weighted by Gasteiger charge is 2.16. The molecule has 0 aliphatic heterocycles. The van der Waals surface area contributed by atoms with Crippen molar-refractivity contribution in [2.45, 2.75) is 0 Å². The summed E-state index contributed by atoms with van der Waals surface area (Å²) in [4.78, 5) is 20.3. The van der Waals surface area contributed by atoms with Gasteiger partial charge in [0.2, 0.25) is 5.95 Å². The summed E-state index contributed by atoms with van der Waals surface area (Å²) in [7, 11) is 0. The standard InChI is InChI=1S/C14H11N5O/c15-14-17-12(10-6-8-16-9-7-10)18-19(14)13(20)11-4-2-1-3-5-11/h1-9H,(H2,15,17,18). The molecule has 3 rings (SSSR count). The van der Waals surface area contributed by atoms with Gasteiger partial charge < -0.3 is 5.73 Å². The van der Waals surface area contributed by atoms with Gasteiger partial charge in [-0.05, 0) is 24.3 Å². The van der Waals surface area contributed by atoms with Crippen LogP contribution in [0.4, 0.5) is 5.95 Å². The molecule has 3 aromatic rings. The summed E-state index contributed by atoms with van der Waals surface area (Å²) in [5, 5.41) is 4.16. The molecule has 0 aliphatic carbocycles. The van der Waals surface area contributed by atoms with Gasteiger partial charge in [0, 0.05) is 23.5 Å². The quantitative estimate of drug-likeness (QED) is 0.760. The summed E-state index contributed by atoms with van der Waals surface area (Å²) in [5.41, 5.74) is 7.03. The molecule has 0 atom stereocenters. The lowest BCUT2D eigenvalue weighted by Crippen LogP contribution is -2.16. The van der Waals surface area contributed by atoms with Crippen molar-refractivity contribution < 1.29 is 4.79 Å². The van der Waals surface area contributed by atoms with Crippen LogP contribution in [0.5, 0.6) is 0 Å². The number of carbonyl (C=O) groups excluding carboxylic acids is 1. The van der Waals surface area contributed by atoms with Gasteiger partial charge in [-0.3, -0.25) is 9.78 Å². The average Bonchev–Trinajstić information content (AvgIpc) is 2.90. The first-order valence-corrected chi connectivity index (χ1v) is 5.98. The molecule has 0 radical (unpaired) electrons. The summed E-state index contributed by atoms with van der Waals surface area (Å²) in [6.45, 7) is 0. The van der Waals surface area contributed by atoms with Crippen molar-refractivity contribution in [1.82, 2.24) is 19.7 Å². The molecule has 0 spiro atoms. The molecule has 0 aliphatic rings. The Morgan fingerprint density at radius 3 is 2.45 bits per heavy atom. The highest BCUT2D eigenvalue weighted by atomic mass is 16.2. The van der Waals surface area contributed by atoms with Crippen LogP contribution in [0.2, 0.25) is 0 Å². The lowest BCUT2D eigenvalue weighted by molar-refractivity contribution is 0.0948. The minimum Gasteiger partial charge on any atom is -0.368 e. The molecule has 6 heteroatoms. The Labute approximate surface area is 114 Å². The molecule has 0 saturated heterocycles. The van der Waals surface area contributed by atoms with Crippen molar-refractivity contribution in [3.05, 3.63) is 60.4 Å². The van der Waals surface area contributed by atoms with Gasteiger partial charge >= 0.3 is 0 Å². The number of aromatic nitrogens is 4. The molecule has 0 unspecified atom stereocenters. The second kappa shape index (κ2) is 4.93. The van der Waals surface area contributed by atoms with Crippen LogP contribution in [0.25, 0.3) is 11.4 Å². The number of rotatable bonds is 2. The Balaban J connectivity index is 2.00. The van der Waals surface area contributed by atoms with Gasteiger partial charge in [-0.15, -0.1) is 5.10 Å². The molecule has 98 valence electrons. The van der Waals surface area contributed by atoms with Crippen molar-refractivity contribution in [1.29, 1.82) is 0 Å². The van der Waals surface area contributed by atoms with Gasteiger partial charge in [0.25, 0.3) is 5.91 Å². The maximum absolute atomic E-state index is 12.3. The number of nitrogens with two attached hydrogens (primary N) is 1. The van der Waals surface area contributed by atoms with Gasteiger partial charge in [0.05, 0.1) is 0 Å². The zero-order chi connectivity index (χ0) is 13.9. The monoisotopic (exact) mass is 265 g/mol. The lowest BCUT2D eigenvalue weighted by atomic mass is 10.2. The highest BCUT2D eigenvalue weighted by Crippen LogP contribution is 2.16. The topological polar surface area (TPSA) is 86.7 Å². The number of nitrogen functional groups attached to an aromatic ring is 1.